The van der Waals surface area contributed by atoms with E-state index in [1.807, 2.05) is 25.7 Å². The van der Waals surface area contributed by atoms with Crippen molar-refractivity contribution in [2.75, 3.05) is 19.6 Å². The molecule has 3 unspecified atom stereocenters. The highest BCUT2D eigenvalue weighted by molar-refractivity contribution is 5.68. The number of carbonyl (C=O) groups is 1. The molecule has 1 heterocycles. The molecule has 2 fully saturated rings. The SMILES string of the molecule is CC1CCCC(NCC2(C)CCCN(C(=O)OC(C)(C)C)C2)C1. The molecule has 1 aliphatic carbocycles. The van der Waals surface area contributed by atoms with Gasteiger partial charge < -0.3 is 15.0 Å². The van der Waals surface area contributed by atoms with Gasteiger partial charge in [-0.15, -0.1) is 0 Å². The van der Waals surface area contributed by atoms with Crippen LogP contribution in [0.25, 0.3) is 0 Å². The Labute approximate surface area is 142 Å². The van der Waals surface area contributed by atoms with Gasteiger partial charge in [0, 0.05) is 25.7 Å². The van der Waals surface area contributed by atoms with E-state index in [0.717, 1.165) is 32.0 Å². The third-order valence-electron chi connectivity index (χ3n) is 5.19. The summed E-state index contributed by atoms with van der Waals surface area (Å²) in [6.07, 6.45) is 7.42. The first-order chi connectivity index (χ1) is 10.7. The van der Waals surface area contributed by atoms with Gasteiger partial charge in [0.05, 0.1) is 0 Å². The maximum absolute atomic E-state index is 12.3. The first-order valence-corrected chi connectivity index (χ1v) is 9.38. The van der Waals surface area contributed by atoms with Crippen LogP contribution in [0.1, 0.15) is 73.1 Å². The summed E-state index contributed by atoms with van der Waals surface area (Å²) in [4.78, 5) is 14.2. The van der Waals surface area contributed by atoms with E-state index in [1.165, 1.54) is 32.1 Å². The van der Waals surface area contributed by atoms with Crippen LogP contribution in [-0.2, 0) is 4.74 Å². The highest BCUT2D eigenvalue weighted by atomic mass is 16.6. The van der Waals surface area contributed by atoms with Crippen LogP contribution in [0.4, 0.5) is 4.79 Å². The Morgan fingerprint density at radius 1 is 1.30 bits per heavy atom. The zero-order valence-electron chi connectivity index (χ0n) is 15.8. The second kappa shape index (κ2) is 7.42. The summed E-state index contributed by atoms with van der Waals surface area (Å²) in [5.41, 5.74) is -0.253. The normalized spacial score (nSPS) is 32.7. The number of hydrogen-bond acceptors (Lipinski definition) is 3. The first kappa shape index (κ1) is 18.6. The van der Waals surface area contributed by atoms with Crippen LogP contribution in [0.5, 0.6) is 0 Å². The van der Waals surface area contributed by atoms with Crippen molar-refractivity contribution in [1.82, 2.24) is 10.2 Å². The number of carbonyl (C=O) groups excluding carboxylic acids is 1. The van der Waals surface area contributed by atoms with E-state index in [1.54, 1.807) is 0 Å². The first-order valence-electron chi connectivity index (χ1n) is 9.38. The second-order valence-electron chi connectivity index (χ2n) is 9.17. The minimum absolute atomic E-state index is 0.158. The van der Waals surface area contributed by atoms with Gasteiger partial charge in [-0.1, -0.05) is 26.7 Å². The lowest BCUT2D eigenvalue weighted by atomic mass is 9.80. The molecule has 0 aromatic carbocycles. The Morgan fingerprint density at radius 3 is 2.70 bits per heavy atom. The van der Waals surface area contributed by atoms with Crippen LogP contribution in [0, 0.1) is 11.3 Å². The maximum atomic E-state index is 12.3. The average Bonchev–Trinajstić information content (AvgIpc) is 2.44. The fourth-order valence-electron chi connectivity index (χ4n) is 3.95. The van der Waals surface area contributed by atoms with Gasteiger partial charge in [-0.25, -0.2) is 4.79 Å². The van der Waals surface area contributed by atoms with E-state index >= 15 is 0 Å². The molecule has 1 N–H and O–H groups in total. The number of hydrogen-bond donors (Lipinski definition) is 1. The van der Waals surface area contributed by atoms with Crippen molar-refractivity contribution in [3.8, 4) is 0 Å². The molecular formula is C19H36N2O2. The van der Waals surface area contributed by atoms with Crippen molar-refractivity contribution in [3.63, 3.8) is 0 Å². The highest BCUT2D eigenvalue weighted by Crippen LogP contribution is 2.31. The number of rotatable bonds is 3. The topological polar surface area (TPSA) is 41.6 Å². The number of nitrogens with zero attached hydrogens (tertiary/aromatic N) is 1. The van der Waals surface area contributed by atoms with Crippen molar-refractivity contribution >= 4 is 6.09 Å². The second-order valence-corrected chi connectivity index (χ2v) is 9.17. The van der Waals surface area contributed by atoms with Crippen LogP contribution < -0.4 is 5.32 Å². The average molecular weight is 325 g/mol. The van der Waals surface area contributed by atoms with E-state index in [-0.39, 0.29) is 11.5 Å². The Kier molecular flexibility index (Phi) is 5.99. The summed E-state index contributed by atoms with van der Waals surface area (Å²) in [5, 5.41) is 3.79. The van der Waals surface area contributed by atoms with Crippen molar-refractivity contribution in [1.29, 1.82) is 0 Å². The molecule has 4 nitrogen and oxygen atoms in total. The molecular weight excluding hydrogens is 288 g/mol. The van der Waals surface area contributed by atoms with Crippen molar-refractivity contribution in [3.05, 3.63) is 0 Å². The lowest BCUT2D eigenvalue weighted by molar-refractivity contribution is 0.00625. The molecule has 4 heteroatoms. The zero-order valence-corrected chi connectivity index (χ0v) is 15.8. The summed E-state index contributed by atoms with van der Waals surface area (Å²) in [7, 11) is 0. The van der Waals surface area contributed by atoms with E-state index in [0.29, 0.717) is 6.04 Å². The summed E-state index contributed by atoms with van der Waals surface area (Å²) in [6.45, 7) is 13.1. The minimum Gasteiger partial charge on any atom is -0.444 e. The van der Waals surface area contributed by atoms with E-state index < -0.39 is 5.60 Å². The van der Waals surface area contributed by atoms with Crippen molar-refractivity contribution in [2.45, 2.75) is 84.8 Å². The number of nitrogens with one attached hydrogen (secondary N) is 1. The number of likely N-dealkylation sites (tertiary alicyclic amines) is 1. The molecule has 2 rings (SSSR count). The lowest BCUT2D eigenvalue weighted by Crippen LogP contribution is -2.51. The molecule has 0 bridgehead atoms. The molecule has 1 saturated heterocycles. The summed E-state index contributed by atoms with van der Waals surface area (Å²) in [5.74, 6) is 0.846. The van der Waals surface area contributed by atoms with Gasteiger partial charge in [-0.2, -0.15) is 0 Å². The highest BCUT2D eigenvalue weighted by Gasteiger charge is 2.35. The van der Waals surface area contributed by atoms with Crippen LogP contribution in [0.3, 0.4) is 0 Å². The molecule has 0 aromatic heterocycles. The molecule has 0 aromatic rings. The van der Waals surface area contributed by atoms with Crippen molar-refractivity contribution < 1.29 is 9.53 Å². The maximum Gasteiger partial charge on any atom is 0.410 e. The van der Waals surface area contributed by atoms with Gasteiger partial charge in [0.1, 0.15) is 5.60 Å². The molecule has 23 heavy (non-hydrogen) atoms. The van der Waals surface area contributed by atoms with Crippen LogP contribution in [0.2, 0.25) is 0 Å². The molecule has 0 spiro atoms. The fraction of sp³-hybridized carbons (Fsp3) is 0.947. The monoisotopic (exact) mass is 324 g/mol. The predicted molar refractivity (Wildman–Crippen MR) is 94.6 cm³/mol. The Hall–Kier alpha value is -0.770. The smallest absolute Gasteiger partial charge is 0.410 e. The largest absolute Gasteiger partial charge is 0.444 e. The zero-order chi connectivity index (χ0) is 17.1. The van der Waals surface area contributed by atoms with Gasteiger partial charge in [-0.05, 0) is 57.8 Å². The van der Waals surface area contributed by atoms with Gasteiger partial charge in [0.2, 0.25) is 0 Å². The van der Waals surface area contributed by atoms with Crippen LogP contribution >= 0.6 is 0 Å². The number of piperidine rings is 1. The van der Waals surface area contributed by atoms with Gasteiger partial charge >= 0.3 is 6.09 Å². The number of ether oxygens (including phenoxy) is 1. The predicted octanol–water partition coefficient (Wildman–Crippen LogP) is 4.19. The minimum atomic E-state index is -0.415. The lowest BCUT2D eigenvalue weighted by Gasteiger charge is -2.42. The van der Waals surface area contributed by atoms with E-state index in [9.17, 15) is 4.79 Å². The van der Waals surface area contributed by atoms with Crippen molar-refractivity contribution in [2.24, 2.45) is 11.3 Å². The van der Waals surface area contributed by atoms with Crippen LogP contribution in [0.15, 0.2) is 0 Å². The van der Waals surface area contributed by atoms with Gasteiger partial charge in [-0.3, -0.25) is 0 Å². The third kappa shape index (κ3) is 5.98. The molecule has 1 saturated carbocycles. The number of amides is 1. The van der Waals surface area contributed by atoms with Gasteiger partial charge in [0.15, 0.2) is 0 Å². The Bertz CT molecular complexity index is 405. The standard InChI is InChI=1S/C19H36N2O2/c1-15-8-6-9-16(12-15)20-13-19(5)10-7-11-21(14-19)17(22)23-18(2,3)4/h15-16,20H,6-14H2,1-5H3. The molecule has 1 aliphatic heterocycles. The molecule has 3 atom stereocenters. The van der Waals surface area contributed by atoms with E-state index in [2.05, 4.69) is 19.2 Å². The quantitative estimate of drug-likeness (QED) is 0.846. The van der Waals surface area contributed by atoms with Crippen LogP contribution in [-0.4, -0.2) is 42.3 Å². The Morgan fingerprint density at radius 2 is 2.04 bits per heavy atom. The molecule has 1 amide bonds. The fourth-order valence-corrected chi connectivity index (χ4v) is 3.95. The summed E-state index contributed by atoms with van der Waals surface area (Å²) >= 11 is 0. The summed E-state index contributed by atoms with van der Waals surface area (Å²) in [6, 6.07) is 0.660. The molecule has 0 radical (unpaired) electrons. The van der Waals surface area contributed by atoms with Gasteiger partial charge in [0.25, 0.3) is 0 Å². The Balaban J connectivity index is 1.84. The van der Waals surface area contributed by atoms with E-state index in [4.69, 9.17) is 4.74 Å². The summed E-state index contributed by atoms with van der Waals surface area (Å²) < 4.78 is 5.55. The molecule has 134 valence electrons. The molecule has 2 aliphatic rings. The third-order valence-corrected chi connectivity index (χ3v) is 5.19.